The Kier molecular flexibility index (Phi) is 6.21. The second-order valence-electron chi connectivity index (χ2n) is 5.87. The smallest absolute Gasteiger partial charge is 0.224 e. The van der Waals surface area contributed by atoms with Crippen molar-refractivity contribution in [2.24, 2.45) is 0 Å². The third-order valence-electron chi connectivity index (χ3n) is 4.13. The van der Waals surface area contributed by atoms with Crippen LogP contribution in [0.3, 0.4) is 0 Å². The lowest BCUT2D eigenvalue weighted by molar-refractivity contribution is -0.116. The first-order valence-corrected chi connectivity index (χ1v) is 7.90. The quantitative estimate of drug-likeness (QED) is 0.773. The number of hydrogen-bond donors (Lipinski definition) is 2. The van der Waals surface area contributed by atoms with Crippen molar-refractivity contribution in [1.82, 2.24) is 4.90 Å². The first-order chi connectivity index (χ1) is 10.2. The molecule has 2 rings (SSSR count). The van der Waals surface area contributed by atoms with Gasteiger partial charge in [-0.2, -0.15) is 0 Å². The van der Waals surface area contributed by atoms with E-state index in [0.717, 1.165) is 30.8 Å². The summed E-state index contributed by atoms with van der Waals surface area (Å²) in [5.74, 6) is 0.0677. The van der Waals surface area contributed by atoms with Crippen molar-refractivity contribution in [3.8, 4) is 0 Å². The number of aliphatic hydroxyl groups is 1. The van der Waals surface area contributed by atoms with E-state index >= 15 is 0 Å². The van der Waals surface area contributed by atoms with Crippen LogP contribution in [0.2, 0.25) is 0 Å². The predicted molar refractivity (Wildman–Crippen MR) is 85.3 cm³/mol. The molecule has 1 fully saturated rings. The molecule has 0 radical (unpaired) electrons. The molecule has 0 aliphatic heterocycles. The Morgan fingerprint density at radius 3 is 2.81 bits per heavy atom. The highest BCUT2D eigenvalue weighted by Crippen LogP contribution is 2.24. The van der Waals surface area contributed by atoms with Crippen LogP contribution in [-0.2, 0) is 4.79 Å². The van der Waals surface area contributed by atoms with Gasteiger partial charge in [-0.05, 0) is 50.4 Å². The molecule has 1 amide bonds. The summed E-state index contributed by atoms with van der Waals surface area (Å²) in [4.78, 5) is 14.3. The number of hydrogen-bond acceptors (Lipinski definition) is 3. The second kappa shape index (κ2) is 8.15. The number of aliphatic hydroxyl groups excluding tert-OH is 1. The van der Waals surface area contributed by atoms with Crippen LogP contribution in [0.4, 0.5) is 5.69 Å². The molecular formula is C17H26N2O2. The minimum Gasteiger partial charge on any atom is -0.395 e. The largest absolute Gasteiger partial charge is 0.395 e. The zero-order valence-electron chi connectivity index (χ0n) is 12.8. The number of rotatable bonds is 8. The summed E-state index contributed by atoms with van der Waals surface area (Å²) in [6.45, 7) is 3.84. The maximum Gasteiger partial charge on any atom is 0.224 e. The Balaban J connectivity index is 1.70. The molecule has 0 atom stereocenters. The van der Waals surface area contributed by atoms with E-state index in [0.29, 0.717) is 12.5 Å². The van der Waals surface area contributed by atoms with Gasteiger partial charge in [0.15, 0.2) is 0 Å². The van der Waals surface area contributed by atoms with E-state index in [9.17, 15) is 4.79 Å². The first-order valence-electron chi connectivity index (χ1n) is 7.90. The van der Waals surface area contributed by atoms with Crippen molar-refractivity contribution in [2.45, 2.75) is 45.1 Å². The summed E-state index contributed by atoms with van der Waals surface area (Å²) < 4.78 is 0. The molecule has 1 saturated carbocycles. The molecule has 1 aliphatic rings. The van der Waals surface area contributed by atoms with Crippen LogP contribution in [0, 0.1) is 6.92 Å². The number of nitrogens with zero attached hydrogens (tertiary/aromatic N) is 1. The number of benzene rings is 1. The fraction of sp³-hybridized carbons (Fsp3) is 0.588. The lowest BCUT2D eigenvalue weighted by atomic mass is 9.91. The molecular weight excluding hydrogens is 264 g/mol. The first kappa shape index (κ1) is 16.0. The fourth-order valence-corrected chi connectivity index (χ4v) is 2.75. The lowest BCUT2D eigenvalue weighted by Gasteiger charge is -2.37. The van der Waals surface area contributed by atoms with Gasteiger partial charge in [-0.25, -0.2) is 0 Å². The zero-order valence-corrected chi connectivity index (χ0v) is 12.8. The van der Waals surface area contributed by atoms with Crippen LogP contribution >= 0.6 is 0 Å². The number of carbonyl (C=O) groups is 1. The maximum atomic E-state index is 11.9. The summed E-state index contributed by atoms with van der Waals surface area (Å²) in [6.07, 6.45) is 5.13. The fourth-order valence-electron chi connectivity index (χ4n) is 2.75. The summed E-state index contributed by atoms with van der Waals surface area (Å²) in [5, 5.41) is 12.1. The maximum absolute atomic E-state index is 11.9. The van der Waals surface area contributed by atoms with E-state index in [-0.39, 0.29) is 12.5 Å². The molecule has 0 bridgehead atoms. The van der Waals surface area contributed by atoms with E-state index in [1.165, 1.54) is 19.3 Å². The van der Waals surface area contributed by atoms with Gasteiger partial charge in [-0.3, -0.25) is 9.69 Å². The third-order valence-corrected chi connectivity index (χ3v) is 4.13. The van der Waals surface area contributed by atoms with Crippen molar-refractivity contribution in [1.29, 1.82) is 0 Å². The van der Waals surface area contributed by atoms with Gasteiger partial charge in [0, 0.05) is 24.7 Å². The SMILES string of the molecule is Cc1cccc(NC(=O)CCCN(CCO)C2CCC2)c1. The molecule has 1 aliphatic carbocycles. The Hall–Kier alpha value is -1.39. The molecule has 0 spiro atoms. The van der Waals surface area contributed by atoms with Crippen LogP contribution in [0.1, 0.15) is 37.7 Å². The topological polar surface area (TPSA) is 52.6 Å². The van der Waals surface area contributed by atoms with Crippen LogP contribution in [0.15, 0.2) is 24.3 Å². The minimum atomic E-state index is 0.0677. The van der Waals surface area contributed by atoms with E-state index in [1.54, 1.807) is 0 Å². The molecule has 4 heteroatoms. The van der Waals surface area contributed by atoms with Crippen molar-refractivity contribution in [3.05, 3.63) is 29.8 Å². The van der Waals surface area contributed by atoms with Gasteiger partial charge in [0.1, 0.15) is 0 Å². The molecule has 0 aromatic heterocycles. The number of carbonyl (C=O) groups excluding carboxylic acids is 1. The lowest BCUT2D eigenvalue weighted by Crippen LogP contribution is -2.42. The predicted octanol–water partition coefficient (Wildman–Crippen LogP) is 2.56. The van der Waals surface area contributed by atoms with Crippen molar-refractivity contribution >= 4 is 11.6 Å². The molecule has 0 heterocycles. The van der Waals surface area contributed by atoms with E-state index in [1.807, 2.05) is 31.2 Å². The molecule has 2 N–H and O–H groups in total. The van der Waals surface area contributed by atoms with Gasteiger partial charge < -0.3 is 10.4 Å². The molecule has 21 heavy (non-hydrogen) atoms. The summed E-state index contributed by atoms with van der Waals surface area (Å²) in [5.41, 5.74) is 2.01. The second-order valence-corrected chi connectivity index (χ2v) is 5.87. The van der Waals surface area contributed by atoms with E-state index < -0.39 is 0 Å². The van der Waals surface area contributed by atoms with Crippen LogP contribution in [0.25, 0.3) is 0 Å². The molecule has 1 aromatic rings. The Bertz CT molecular complexity index is 458. The van der Waals surface area contributed by atoms with Gasteiger partial charge in [0.05, 0.1) is 6.61 Å². The summed E-state index contributed by atoms with van der Waals surface area (Å²) in [7, 11) is 0. The number of aryl methyl sites for hydroxylation is 1. The van der Waals surface area contributed by atoms with E-state index in [4.69, 9.17) is 5.11 Å². The normalized spacial score (nSPS) is 15.0. The number of amides is 1. The zero-order chi connectivity index (χ0) is 15.1. The Morgan fingerprint density at radius 2 is 2.19 bits per heavy atom. The third kappa shape index (κ3) is 5.14. The van der Waals surface area contributed by atoms with Crippen LogP contribution in [-0.4, -0.2) is 41.7 Å². The van der Waals surface area contributed by atoms with Crippen molar-refractivity contribution < 1.29 is 9.90 Å². The number of anilines is 1. The van der Waals surface area contributed by atoms with Crippen molar-refractivity contribution in [2.75, 3.05) is 25.0 Å². The van der Waals surface area contributed by atoms with Gasteiger partial charge in [-0.1, -0.05) is 18.6 Å². The van der Waals surface area contributed by atoms with Gasteiger partial charge in [-0.15, -0.1) is 0 Å². The highest BCUT2D eigenvalue weighted by molar-refractivity contribution is 5.90. The van der Waals surface area contributed by atoms with Crippen molar-refractivity contribution in [3.63, 3.8) is 0 Å². The molecule has 116 valence electrons. The number of nitrogens with one attached hydrogen (secondary N) is 1. The van der Waals surface area contributed by atoms with Crippen LogP contribution < -0.4 is 5.32 Å². The standard InChI is InChI=1S/C17H26N2O2/c1-14-5-2-6-15(13-14)18-17(21)9-4-10-19(11-12-20)16-7-3-8-16/h2,5-6,13,16,20H,3-4,7-12H2,1H3,(H,18,21). The monoisotopic (exact) mass is 290 g/mol. The van der Waals surface area contributed by atoms with Gasteiger partial charge >= 0.3 is 0 Å². The van der Waals surface area contributed by atoms with E-state index in [2.05, 4.69) is 10.2 Å². The highest BCUT2D eigenvalue weighted by Gasteiger charge is 2.24. The van der Waals surface area contributed by atoms with Gasteiger partial charge in [0.25, 0.3) is 0 Å². The minimum absolute atomic E-state index is 0.0677. The average molecular weight is 290 g/mol. The highest BCUT2D eigenvalue weighted by atomic mass is 16.3. The Morgan fingerprint density at radius 1 is 1.38 bits per heavy atom. The molecule has 1 aromatic carbocycles. The summed E-state index contributed by atoms with van der Waals surface area (Å²) >= 11 is 0. The summed E-state index contributed by atoms with van der Waals surface area (Å²) in [6, 6.07) is 8.48. The average Bonchev–Trinajstić information content (AvgIpc) is 2.36. The molecule has 0 unspecified atom stereocenters. The molecule has 4 nitrogen and oxygen atoms in total. The Labute approximate surface area is 127 Å². The van der Waals surface area contributed by atoms with Crippen LogP contribution in [0.5, 0.6) is 0 Å². The molecule has 0 saturated heterocycles. The van der Waals surface area contributed by atoms with Gasteiger partial charge in [0.2, 0.25) is 5.91 Å².